The molecule has 0 amide bonds. The highest BCUT2D eigenvalue weighted by molar-refractivity contribution is 7.27. The van der Waals surface area contributed by atoms with Crippen molar-refractivity contribution in [3.05, 3.63) is 243 Å². The fraction of sp³-hybridized carbons (Fsp3) is 0.0156. The predicted octanol–water partition coefficient (Wildman–Crippen LogP) is 18.3. The highest BCUT2D eigenvalue weighted by atomic mass is 32.1. The molecular weight excluding hydrogens is 859 g/mol. The maximum atomic E-state index is 6.65. The van der Waals surface area contributed by atoms with E-state index in [1.54, 1.807) is 0 Å². The monoisotopic (exact) mass is 901 g/mol. The second-order valence-corrected chi connectivity index (χ2v) is 18.5. The third-order valence-corrected chi connectivity index (χ3v) is 14.7. The summed E-state index contributed by atoms with van der Waals surface area (Å²) in [6, 6.07) is 85.2. The van der Waals surface area contributed by atoms with Crippen LogP contribution >= 0.6 is 11.3 Å². The lowest BCUT2D eigenvalue weighted by Crippen LogP contribution is -2.14. The second-order valence-electron chi connectivity index (χ2n) is 17.4. The van der Waals surface area contributed by atoms with Gasteiger partial charge < -0.3 is 14.5 Å². The van der Waals surface area contributed by atoms with Crippen LogP contribution in [0.15, 0.2) is 243 Å². The number of benzene rings is 11. The van der Waals surface area contributed by atoms with Gasteiger partial charge in [-0.15, -0.1) is 11.3 Å². The first-order valence-electron chi connectivity index (χ1n) is 23.3. The molecule has 69 heavy (non-hydrogen) atoms. The van der Waals surface area contributed by atoms with E-state index in [4.69, 9.17) is 9.72 Å². The summed E-state index contributed by atoms with van der Waals surface area (Å²) >= 11 is 1.82. The molecule has 2 heterocycles. The zero-order chi connectivity index (χ0) is 45.8. The summed E-state index contributed by atoms with van der Waals surface area (Å²) in [4.78, 5) is 9.69. The number of ether oxygens (including phenoxy) is 1. The number of nitrogens with zero attached hydrogens (tertiary/aromatic N) is 3. The van der Waals surface area contributed by atoms with Crippen molar-refractivity contribution in [2.45, 2.75) is 0 Å². The molecule has 13 rings (SSSR count). The van der Waals surface area contributed by atoms with Gasteiger partial charge in [-0.2, -0.15) is 0 Å². The number of rotatable bonds is 9. The number of thiophene rings is 1. The summed E-state index contributed by atoms with van der Waals surface area (Å²) in [5.41, 5.74) is 11.5. The van der Waals surface area contributed by atoms with Gasteiger partial charge in [0.25, 0.3) is 0 Å². The van der Waals surface area contributed by atoms with E-state index in [0.29, 0.717) is 0 Å². The van der Waals surface area contributed by atoms with E-state index in [-0.39, 0.29) is 0 Å². The molecule has 0 radical (unpaired) electrons. The molecular formula is C64H43N3OS. The second kappa shape index (κ2) is 16.8. The van der Waals surface area contributed by atoms with Crippen LogP contribution in [0.4, 0.5) is 34.1 Å². The Kier molecular flexibility index (Phi) is 9.88. The SMILES string of the molecule is COc1c(-c2cc(N(c3ccccc3)c3cccc(-c4ccccc4)c3)cc(N(c3ccccc3)c3cc4cccnc4c4ccccc34)c2)ccc2c1sc1c3ccccc3c3ccccc3c21. The van der Waals surface area contributed by atoms with Gasteiger partial charge in [0.1, 0.15) is 5.75 Å². The number of pyridine rings is 1. The average molecular weight is 902 g/mol. The third kappa shape index (κ3) is 6.85. The number of anilines is 6. The van der Waals surface area contributed by atoms with Crippen LogP contribution in [-0.4, -0.2) is 12.1 Å². The third-order valence-electron chi connectivity index (χ3n) is 13.5. The Morgan fingerprint density at radius 2 is 0.942 bits per heavy atom. The van der Waals surface area contributed by atoms with Crippen LogP contribution < -0.4 is 14.5 Å². The summed E-state index contributed by atoms with van der Waals surface area (Å²) < 4.78 is 9.05. The average Bonchev–Trinajstić information content (AvgIpc) is 3.82. The van der Waals surface area contributed by atoms with Crippen molar-refractivity contribution in [3.63, 3.8) is 0 Å². The molecule has 0 bridgehead atoms. The molecule has 2 aromatic heterocycles. The Bertz CT molecular complexity index is 4080. The highest BCUT2D eigenvalue weighted by Gasteiger charge is 2.25. The Hall–Kier alpha value is -8.77. The molecule has 0 aliphatic carbocycles. The molecule has 0 saturated carbocycles. The molecule has 0 fully saturated rings. The van der Waals surface area contributed by atoms with Crippen molar-refractivity contribution in [1.29, 1.82) is 0 Å². The van der Waals surface area contributed by atoms with E-state index in [2.05, 4.69) is 240 Å². The fourth-order valence-electron chi connectivity index (χ4n) is 10.5. The van der Waals surface area contributed by atoms with Crippen LogP contribution in [0, 0.1) is 0 Å². The Morgan fingerprint density at radius 1 is 0.377 bits per heavy atom. The minimum absolute atomic E-state index is 0.857. The number of methoxy groups -OCH3 is 1. The van der Waals surface area contributed by atoms with Crippen molar-refractivity contribution < 1.29 is 4.74 Å². The van der Waals surface area contributed by atoms with E-state index < -0.39 is 0 Å². The van der Waals surface area contributed by atoms with Crippen LogP contribution in [0.1, 0.15) is 0 Å². The van der Waals surface area contributed by atoms with Crippen molar-refractivity contribution in [2.75, 3.05) is 16.9 Å². The van der Waals surface area contributed by atoms with Crippen LogP contribution in [0.3, 0.4) is 0 Å². The van der Waals surface area contributed by atoms with Crippen LogP contribution in [0.5, 0.6) is 5.75 Å². The van der Waals surface area contributed by atoms with Crippen molar-refractivity contribution in [1.82, 2.24) is 4.98 Å². The fourth-order valence-corrected chi connectivity index (χ4v) is 11.8. The van der Waals surface area contributed by atoms with Gasteiger partial charge in [0.15, 0.2) is 0 Å². The zero-order valence-electron chi connectivity index (χ0n) is 37.8. The van der Waals surface area contributed by atoms with Gasteiger partial charge >= 0.3 is 0 Å². The summed E-state index contributed by atoms with van der Waals surface area (Å²) in [7, 11) is 1.82. The lowest BCUT2D eigenvalue weighted by atomic mass is 9.95. The molecule has 13 aromatic rings. The first-order valence-corrected chi connectivity index (χ1v) is 24.1. The Balaban J connectivity index is 1.12. The van der Waals surface area contributed by atoms with Gasteiger partial charge in [0, 0.05) is 77.2 Å². The predicted molar refractivity (Wildman–Crippen MR) is 294 cm³/mol. The maximum absolute atomic E-state index is 6.65. The van der Waals surface area contributed by atoms with Crippen molar-refractivity contribution >= 4 is 109 Å². The molecule has 0 unspecified atom stereocenters. The molecule has 0 spiro atoms. The minimum Gasteiger partial charge on any atom is -0.495 e. The highest BCUT2D eigenvalue weighted by Crippen LogP contribution is 2.52. The van der Waals surface area contributed by atoms with Crippen LogP contribution in [0.2, 0.25) is 0 Å². The number of hydrogen-bond donors (Lipinski definition) is 0. The quantitative estimate of drug-likeness (QED) is 0.135. The largest absolute Gasteiger partial charge is 0.495 e. The lowest BCUT2D eigenvalue weighted by molar-refractivity contribution is 0.422. The maximum Gasteiger partial charge on any atom is 0.144 e. The Morgan fingerprint density at radius 3 is 1.67 bits per heavy atom. The van der Waals surface area contributed by atoms with Crippen molar-refractivity contribution in [2.24, 2.45) is 0 Å². The molecule has 0 saturated heterocycles. The summed E-state index contributed by atoms with van der Waals surface area (Å²) in [5, 5.41) is 10.8. The number of fused-ring (bicyclic) bond motifs is 11. The summed E-state index contributed by atoms with van der Waals surface area (Å²) in [5.74, 6) is 0.857. The topological polar surface area (TPSA) is 28.6 Å². The summed E-state index contributed by atoms with van der Waals surface area (Å²) in [6.07, 6.45) is 1.88. The smallest absolute Gasteiger partial charge is 0.144 e. The number of aromatic nitrogens is 1. The Labute approximate surface area is 404 Å². The van der Waals surface area contributed by atoms with E-state index in [0.717, 1.165) is 88.5 Å². The van der Waals surface area contributed by atoms with Gasteiger partial charge in [-0.1, -0.05) is 164 Å². The molecule has 4 nitrogen and oxygen atoms in total. The summed E-state index contributed by atoms with van der Waals surface area (Å²) in [6.45, 7) is 0. The van der Waals surface area contributed by atoms with Gasteiger partial charge in [0.2, 0.25) is 0 Å². The minimum atomic E-state index is 0.857. The molecule has 0 atom stereocenters. The first kappa shape index (κ1) is 40.5. The molecule has 0 aliphatic rings. The molecule has 326 valence electrons. The van der Waals surface area contributed by atoms with E-state index >= 15 is 0 Å². The van der Waals surface area contributed by atoms with Gasteiger partial charge in [-0.25, -0.2) is 0 Å². The zero-order valence-corrected chi connectivity index (χ0v) is 38.6. The molecule has 0 N–H and O–H groups in total. The van der Waals surface area contributed by atoms with E-state index in [1.165, 1.54) is 37.0 Å². The molecule has 11 aromatic carbocycles. The standard InChI is InChI=1S/C64H43N3OS/c1-68-62-51(34-35-58-60-55-31-14-11-28-52(55)53-29-12-16-33-57(53)63(60)69-64(58)62)45-38-49(66(46-23-7-3-8-24-46)48-27-17-21-43(37-48)42-19-5-2-6-20-42)41-50(39-45)67(47-25-9-4-10-26-47)59-40-44-22-18-36-65-61(44)56-32-15-13-30-54(56)59/h2-41H,1H3. The molecule has 0 aliphatic heterocycles. The van der Waals surface area contributed by atoms with Gasteiger partial charge in [-0.3, -0.25) is 4.98 Å². The number of para-hydroxylation sites is 2. The first-order chi connectivity index (χ1) is 34.2. The normalized spacial score (nSPS) is 11.6. The van der Waals surface area contributed by atoms with Gasteiger partial charge in [-0.05, 0) is 106 Å². The van der Waals surface area contributed by atoms with Gasteiger partial charge in [0.05, 0.1) is 23.0 Å². The van der Waals surface area contributed by atoms with E-state index in [9.17, 15) is 0 Å². The lowest BCUT2D eigenvalue weighted by Gasteiger charge is -2.31. The van der Waals surface area contributed by atoms with Crippen LogP contribution in [0.25, 0.3) is 85.6 Å². The van der Waals surface area contributed by atoms with Crippen LogP contribution in [-0.2, 0) is 0 Å². The van der Waals surface area contributed by atoms with E-state index in [1.807, 2.05) is 30.7 Å². The molecule has 5 heteroatoms. The number of hydrogen-bond acceptors (Lipinski definition) is 5. The van der Waals surface area contributed by atoms with Crippen molar-refractivity contribution in [3.8, 4) is 28.0 Å².